The normalized spacial score (nSPS) is 17.2. The number of sulfonamides is 1. The summed E-state index contributed by atoms with van der Waals surface area (Å²) >= 11 is 0.708. The molecule has 7 nitrogen and oxygen atoms in total. The molecule has 0 saturated carbocycles. The van der Waals surface area contributed by atoms with Gasteiger partial charge in [0, 0.05) is 18.8 Å². The Morgan fingerprint density at radius 3 is 2.71 bits per heavy atom. The second-order valence-electron chi connectivity index (χ2n) is 5.00. The minimum atomic E-state index is -3.60. The maximum absolute atomic E-state index is 12.0. The van der Waals surface area contributed by atoms with Crippen molar-refractivity contribution in [3.05, 3.63) is 15.4 Å². The van der Waals surface area contributed by atoms with Crippen LogP contribution in [0.2, 0.25) is 0 Å². The number of aryl methyl sites for hydroxylation is 1. The highest BCUT2D eigenvalue weighted by Gasteiger charge is 2.20. The van der Waals surface area contributed by atoms with Crippen LogP contribution in [0.4, 0.5) is 0 Å². The smallest absolute Gasteiger partial charge is 0.305 e. The predicted molar refractivity (Wildman–Crippen MR) is 81.3 cm³/mol. The van der Waals surface area contributed by atoms with E-state index in [1.165, 1.54) is 0 Å². The third-order valence-corrected chi connectivity index (χ3v) is 6.34. The zero-order chi connectivity index (χ0) is 15.3. The number of ether oxygens (including phenoxy) is 1. The molecule has 1 saturated heterocycles. The third kappa shape index (κ3) is 4.89. The number of rotatable bonds is 7. The molecule has 0 unspecified atom stereocenters. The number of piperidine rings is 1. The van der Waals surface area contributed by atoms with Crippen LogP contribution in [0.1, 0.15) is 25.0 Å². The lowest BCUT2D eigenvalue weighted by Crippen LogP contribution is -2.33. The summed E-state index contributed by atoms with van der Waals surface area (Å²) in [4.78, 5) is 13.3. The number of aromatic amines is 1. The van der Waals surface area contributed by atoms with E-state index in [9.17, 15) is 13.2 Å². The topological polar surface area (TPSA) is 100 Å². The Balaban J connectivity index is 1.72. The first-order valence-electron chi connectivity index (χ1n) is 7.01. The number of H-pyrrole nitrogens is 1. The van der Waals surface area contributed by atoms with E-state index in [0.29, 0.717) is 36.6 Å². The van der Waals surface area contributed by atoms with E-state index in [-0.39, 0.29) is 15.2 Å². The summed E-state index contributed by atoms with van der Waals surface area (Å²) in [6.45, 7) is 4.37. The van der Waals surface area contributed by atoms with Gasteiger partial charge in [-0.15, -0.1) is 0 Å². The summed E-state index contributed by atoms with van der Waals surface area (Å²) in [6.07, 6.45) is 2.89. The van der Waals surface area contributed by atoms with Gasteiger partial charge in [-0.25, -0.2) is 13.1 Å². The van der Waals surface area contributed by atoms with E-state index in [1.807, 2.05) is 0 Å². The molecule has 2 heterocycles. The maximum atomic E-state index is 12.0. The quantitative estimate of drug-likeness (QED) is 0.617. The fourth-order valence-electron chi connectivity index (χ4n) is 2.20. The minimum absolute atomic E-state index is 0.0618. The lowest BCUT2D eigenvalue weighted by Gasteiger charge is -2.22. The summed E-state index contributed by atoms with van der Waals surface area (Å²) in [7, 11) is -3.60. The minimum Gasteiger partial charge on any atom is -0.378 e. The maximum Gasteiger partial charge on any atom is 0.305 e. The summed E-state index contributed by atoms with van der Waals surface area (Å²) < 4.78 is 32.3. The van der Waals surface area contributed by atoms with Crippen molar-refractivity contribution in [1.82, 2.24) is 15.0 Å². The van der Waals surface area contributed by atoms with E-state index < -0.39 is 10.0 Å². The standard InChI is InChI=1S/C12H21N3O4S2/c1-9-11(20-12(16)15-9)21(17,18)14-5-2-8-19-10-3-6-13-7-4-10/h10,13-14H,2-8H2,1H3,(H,15,16). The molecule has 0 bridgehead atoms. The van der Waals surface area contributed by atoms with Crippen molar-refractivity contribution in [3.63, 3.8) is 0 Å². The second-order valence-corrected chi connectivity index (χ2v) is 7.94. The van der Waals surface area contributed by atoms with Gasteiger partial charge in [-0.1, -0.05) is 11.3 Å². The van der Waals surface area contributed by atoms with Crippen LogP contribution >= 0.6 is 11.3 Å². The van der Waals surface area contributed by atoms with Gasteiger partial charge in [0.15, 0.2) is 4.21 Å². The first kappa shape index (κ1) is 16.6. The Morgan fingerprint density at radius 1 is 1.38 bits per heavy atom. The van der Waals surface area contributed by atoms with Crippen LogP contribution in [-0.4, -0.2) is 45.7 Å². The van der Waals surface area contributed by atoms with Gasteiger partial charge in [0.25, 0.3) is 10.0 Å². The zero-order valence-electron chi connectivity index (χ0n) is 12.0. The van der Waals surface area contributed by atoms with Gasteiger partial charge in [0.05, 0.1) is 6.10 Å². The Labute approximate surface area is 128 Å². The number of nitrogens with one attached hydrogen (secondary N) is 3. The molecular weight excluding hydrogens is 314 g/mol. The molecule has 1 aliphatic heterocycles. The molecule has 0 atom stereocenters. The molecule has 0 aromatic carbocycles. The van der Waals surface area contributed by atoms with E-state index in [1.54, 1.807) is 6.92 Å². The average molecular weight is 335 g/mol. The van der Waals surface area contributed by atoms with Gasteiger partial charge < -0.3 is 15.0 Å². The molecule has 3 N–H and O–H groups in total. The Kier molecular flexibility index (Phi) is 5.94. The van der Waals surface area contributed by atoms with Gasteiger partial charge in [-0.3, -0.25) is 4.79 Å². The SMILES string of the molecule is Cc1[nH]c(=O)sc1S(=O)(=O)NCCCOC1CCNCC1. The molecule has 0 radical (unpaired) electrons. The van der Waals surface area contributed by atoms with Crippen LogP contribution in [-0.2, 0) is 14.8 Å². The van der Waals surface area contributed by atoms with Crippen molar-refractivity contribution in [2.24, 2.45) is 0 Å². The zero-order valence-corrected chi connectivity index (χ0v) is 13.6. The van der Waals surface area contributed by atoms with Crippen LogP contribution in [0.25, 0.3) is 0 Å². The summed E-state index contributed by atoms with van der Waals surface area (Å²) in [5.74, 6) is 0. The van der Waals surface area contributed by atoms with Crippen molar-refractivity contribution >= 4 is 21.4 Å². The first-order valence-corrected chi connectivity index (χ1v) is 9.31. The molecule has 1 aliphatic rings. The van der Waals surface area contributed by atoms with Crippen LogP contribution in [0, 0.1) is 6.92 Å². The molecule has 9 heteroatoms. The molecule has 1 fully saturated rings. The fourth-order valence-corrected chi connectivity index (χ4v) is 4.62. The number of hydrogen-bond donors (Lipinski definition) is 3. The van der Waals surface area contributed by atoms with Crippen LogP contribution in [0.3, 0.4) is 0 Å². The number of hydrogen-bond acceptors (Lipinski definition) is 6. The van der Waals surface area contributed by atoms with Crippen molar-refractivity contribution in [2.45, 2.75) is 36.5 Å². The largest absolute Gasteiger partial charge is 0.378 e. The van der Waals surface area contributed by atoms with Crippen LogP contribution in [0.15, 0.2) is 9.00 Å². The molecule has 120 valence electrons. The Bertz CT molecular complexity index is 602. The Hall–Kier alpha value is -0.740. The van der Waals surface area contributed by atoms with E-state index in [2.05, 4.69) is 15.0 Å². The van der Waals surface area contributed by atoms with Crippen LogP contribution in [0.5, 0.6) is 0 Å². The first-order chi connectivity index (χ1) is 9.99. The summed E-state index contributed by atoms with van der Waals surface area (Å²) in [5, 5.41) is 3.26. The third-order valence-electron chi connectivity index (χ3n) is 3.28. The van der Waals surface area contributed by atoms with E-state index >= 15 is 0 Å². The van der Waals surface area contributed by atoms with Gasteiger partial charge in [-0.05, 0) is 39.3 Å². The van der Waals surface area contributed by atoms with Gasteiger partial charge in [0.1, 0.15) is 0 Å². The Morgan fingerprint density at radius 2 is 2.10 bits per heavy atom. The van der Waals surface area contributed by atoms with Gasteiger partial charge >= 0.3 is 4.87 Å². The molecule has 2 rings (SSSR count). The molecule has 0 spiro atoms. The van der Waals surface area contributed by atoms with Crippen molar-refractivity contribution < 1.29 is 13.2 Å². The molecule has 1 aromatic rings. The summed E-state index contributed by atoms with van der Waals surface area (Å²) in [5.41, 5.74) is 0.378. The molecule has 1 aromatic heterocycles. The highest BCUT2D eigenvalue weighted by Crippen LogP contribution is 2.15. The van der Waals surface area contributed by atoms with E-state index in [0.717, 1.165) is 25.9 Å². The van der Waals surface area contributed by atoms with E-state index in [4.69, 9.17) is 4.74 Å². The molecular formula is C12H21N3O4S2. The summed E-state index contributed by atoms with van der Waals surface area (Å²) in [6, 6.07) is 0. The lowest BCUT2D eigenvalue weighted by molar-refractivity contribution is 0.0322. The molecule has 0 aliphatic carbocycles. The fraction of sp³-hybridized carbons (Fsp3) is 0.750. The highest BCUT2D eigenvalue weighted by molar-refractivity contribution is 7.91. The van der Waals surface area contributed by atoms with Crippen molar-refractivity contribution in [2.75, 3.05) is 26.2 Å². The van der Waals surface area contributed by atoms with Gasteiger partial charge in [-0.2, -0.15) is 0 Å². The molecule has 0 amide bonds. The molecule has 21 heavy (non-hydrogen) atoms. The number of aromatic nitrogens is 1. The van der Waals surface area contributed by atoms with Crippen molar-refractivity contribution in [1.29, 1.82) is 0 Å². The monoisotopic (exact) mass is 335 g/mol. The number of thiazole rings is 1. The highest BCUT2D eigenvalue weighted by atomic mass is 32.2. The predicted octanol–water partition coefficient (Wildman–Crippen LogP) is 0.182. The lowest BCUT2D eigenvalue weighted by atomic mass is 10.1. The van der Waals surface area contributed by atoms with Crippen LogP contribution < -0.4 is 14.9 Å². The van der Waals surface area contributed by atoms with Crippen molar-refractivity contribution in [3.8, 4) is 0 Å². The second kappa shape index (κ2) is 7.50. The average Bonchev–Trinajstić information content (AvgIpc) is 2.79. The van der Waals surface area contributed by atoms with Gasteiger partial charge in [0.2, 0.25) is 0 Å².